The Morgan fingerprint density at radius 3 is 2.47 bits per heavy atom. The molecule has 3 aliphatic rings. The Morgan fingerprint density at radius 1 is 0.833 bits per heavy atom. The maximum absolute atomic E-state index is 13.5. The van der Waals surface area contributed by atoms with E-state index in [0.29, 0.717) is 25.6 Å². The topological polar surface area (TPSA) is 56.8 Å². The molecule has 3 heterocycles. The highest BCUT2D eigenvalue weighted by Crippen LogP contribution is 2.32. The van der Waals surface area contributed by atoms with Crippen molar-refractivity contribution in [3.8, 4) is 0 Å². The molecule has 2 aromatic carbocycles. The molecule has 1 atom stereocenters. The second-order valence-corrected chi connectivity index (χ2v) is 10.6. The number of amides is 2. The van der Waals surface area contributed by atoms with Crippen LogP contribution in [0.15, 0.2) is 60.7 Å². The van der Waals surface area contributed by atoms with Gasteiger partial charge in [0.15, 0.2) is 0 Å². The molecule has 2 aliphatic heterocycles. The lowest BCUT2D eigenvalue weighted by molar-refractivity contribution is -0.160. The van der Waals surface area contributed by atoms with Gasteiger partial charge in [-0.3, -0.25) is 19.5 Å². The van der Waals surface area contributed by atoms with Gasteiger partial charge in [0, 0.05) is 31.6 Å². The zero-order chi connectivity index (χ0) is 24.5. The monoisotopic (exact) mass is 482 g/mol. The summed E-state index contributed by atoms with van der Waals surface area (Å²) >= 11 is 0. The Balaban J connectivity index is 1.11. The first-order valence-corrected chi connectivity index (χ1v) is 13.4. The maximum atomic E-state index is 13.5. The lowest BCUT2D eigenvalue weighted by atomic mass is 9.84. The predicted octanol–water partition coefficient (Wildman–Crippen LogP) is 4.34. The van der Waals surface area contributed by atoms with Crippen molar-refractivity contribution in [2.45, 2.75) is 57.2 Å². The summed E-state index contributed by atoms with van der Waals surface area (Å²) in [6.07, 6.45) is 6.69. The maximum Gasteiger partial charge on any atom is 0.247 e. The molecule has 6 heteroatoms. The summed E-state index contributed by atoms with van der Waals surface area (Å²) < 4.78 is 0. The third-order valence-electron chi connectivity index (χ3n) is 8.18. The molecular weight excluding hydrogens is 448 g/mol. The molecule has 1 aliphatic carbocycles. The van der Waals surface area contributed by atoms with Crippen molar-refractivity contribution in [3.63, 3.8) is 0 Å². The molecule has 186 valence electrons. The van der Waals surface area contributed by atoms with E-state index in [-0.39, 0.29) is 18.4 Å². The highest BCUT2D eigenvalue weighted by molar-refractivity contribution is 5.95. The van der Waals surface area contributed by atoms with Gasteiger partial charge in [0.05, 0.1) is 17.8 Å². The van der Waals surface area contributed by atoms with Crippen LogP contribution in [0.3, 0.4) is 0 Å². The Hall–Kier alpha value is -3.25. The van der Waals surface area contributed by atoms with Gasteiger partial charge in [0.2, 0.25) is 11.8 Å². The van der Waals surface area contributed by atoms with Crippen LogP contribution >= 0.6 is 0 Å². The van der Waals surface area contributed by atoms with Crippen LogP contribution in [0, 0.1) is 0 Å². The van der Waals surface area contributed by atoms with E-state index in [0.717, 1.165) is 29.7 Å². The molecule has 0 radical (unpaired) electrons. The van der Waals surface area contributed by atoms with Gasteiger partial charge in [-0.1, -0.05) is 67.8 Å². The number of hydrogen-bond donors (Lipinski definition) is 0. The Morgan fingerprint density at radius 2 is 1.64 bits per heavy atom. The number of hydrogen-bond acceptors (Lipinski definition) is 4. The van der Waals surface area contributed by atoms with Crippen LogP contribution in [0.4, 0.5) is 0 Å². The molecule has 1 aromatic heterocycles. The smallest absolute Gasteiger partial charge is 0.247 e. The number of benzene rings is 2. The number of rotatable bonds is 5. The Bertz CT molecular complexity index is 1250. The van der Waals surface area contributed by atoms with Crippen molar-refractivity contribution < 1.29 is 9.59 Å². The summed E-state index contributed by atoms with van der Waals surface area (Å²) in [7, 11) is 0. The first-order valence-electron chi connectivity index (χ1n) is 13.4. The fourth-order valence-corrected chi connectivity index (χ4v) is 6.15. The van der Waals surface area contributed by atoms with Crippen LogP contribution in [0.1, 0.15) is 54.8 Å². The van der Waals surface area contributed by atoms with E-state index in [1.807, 2.05) is 36.4 Å². The Kier molecular flexibility index (Phi) is 6.45. The predicted molar refractivity (Wildman–Crippen MR) is 140 cm³/mol. The van der Waals surface area contributed by atoms with Crippen molar-refractivity contribution in [2.24, 2.45) is 0 Å². The highest BCUT2D eigenvalue weighted by atomic mass is 16.2. The molecule has 2 amide bonds. The molecule has 0 N–H and O–H groups in total. The van der Waals surface area contributed by atoms with Gasteiger partial charge < -0.3 is 9.80 Å². The molecule has 6 rings (SSSR count). The fourth-order valence-electron chi connectivity index (χ4n) is 6.15. The van der Waals surface area contributed by atoms with Gasteiger partial charge in [0.25, 0.3) is 0 Å². The number of pyridine rings is 1. The number of piperazine rings is 2. The second-order valence-electron chi connectivity index (χ2n) is 10.6. The summed E-state index contributed by atoms with van der Waals surface area (Å²) in [5, 5.41) is 1.07. The van der Waals surface area contributed by atoms with E-state index in [2.05, 4.69) is 29.2 Å². The van der Waals surface area contributed by atoms with E-state index in [9.17, 15) is 9.59 Å². The number of carbonyl (C=O) groups excluding carboxylic acids is 2. The van der Waals surface area contributed by atoms with Crippen LogP contribution in [-0.2, 0) is 22.7 Å². The van der Waals surface area contributed by atoms with Crippen molar-refractivity contribution in [1.29, 1.82) is 0 Å². The molecular formula is C30H34N4O2. The summed E-state index contributed by atoms with van der Waals surface area (Å²) in [4.78, 5) is 36.9. The first kappa shape index (κ1) is 23.2. The molecule has 36 heavy (non-hydrogen) atoms. The third kappa shape index (κ3) is 4.74. The minimum atomic E-state index is -0.415. The average molecular weight is 483 g/mol. The van der Waals surface area contributed by atoms with Crippen LogP contribution in [0.5, 0.6) is 0 Å². The molecule has 1 saturated carbocycles. The van der Waals surface area contributed by atoms with Crippen LogP contribution in [-0.4, -0.2) is 63.7 Å². The third-order valence-corrected chi connectivity index (χ3v) is 8.18. The van der Waals surface area contributed by atoms with E-state index in [4.69, 9.17) is 4.98 Å². The Labute approximate surface area is 212 Å². The van der Waals surface area contributed by atoms with Gasteiger partial charge in [-0.25, -0.2) is 0 Å². The fraction of sp³-hybridized carbons (Fsp3) is 0.433. The molecule has 3 aromatic rings. The quantitative estimate of drug-likeness (QED) is 0.543. The number of aromatic nitrogens is 1. The van der Waals surface area contributed by atoms with E-state index in [1.54, 1.807) is 9.80 Å². The number of para-hydroxylation sites is 1. The summed E-state index contributed by atoms with van der Waals surface area (Å²) in [5.41, 5.74) is 4.46. The van der Waals surface area contributed by atoms with E-state index in [1.165, 1.54) is 43.2 Å². The highest BCUT2D eigenvalue weighted by Gasteiger charge is 2.42. The van der Waals surface area contributed by atoms with Gasteiger partial charge >= 0.3 is 0 Å². The van der Waals surface area contributed by atoms with Gasteiger partial charge in [0.1, 0.15) is 12.6 Å². The van der Waals surface area contributed by atoms with Crippen molar-refractivity contribution in [2.75, 3.05) is 26.2 Å². The van der Waals surface area contributed by atoms with Crippen molar-refractivity contribution >= 4 is 22.7 Å². The lowest BCUT2D eigenvalue weighted by Crippen LogP contribution is -2.66. The standard InChI is InChI=1S/C30H34N4O2/c35-29-21-33(19-26-15-14-25-8-4-5-9-27(25)31-26)30(36)28-20-32(16-17-34(28)29)18-22-10-12-24(13-11-22)23-6-2-1-3-7-23/h4-5,8-15,23,28H,1-3,6-7,16-21H2. The molecule has 0 bridgehead atoms. The van der Waals surface area contributed by atoms with E-state index < -0.39 is 6.04 Å². The summed E-state index contributed by atoms with van der Waals surface area (Å²) in [5.74, 6) is 0.782. The van der Waals surface area contributed by atoms with Crippen LogP contribution < -0.4 is 0 Å². The second kappa shape index (κ2) is 10.0. The number of fused-ring (bicyclic) bond motifs is 2. The molecule has 6 nitrogen and oxygen atoms in total. The van der Waals surface area contributed by atoms with Crippen LogP contribution in [0.25, 0.3) is 10.9 Å². The number of carbonyl (C=O) groups is 2. The molecule has 3 fully saturated rings. The van der Waals surface area contributed by atoms with Gasteiger partial charge in [-0.2, -0.15) is 0 Å². The number of nitrogens with zero attached hydrogens (tertiary/aromatic N) is 4. The molecule has 1 unspecified atom stereocenters. The zero-order valence-corrected chi connectivity index (χ0v) is 20.8. The van der Waals surface area contributed by atoms with Gasteiger partial charge in [-0.15, -0.1) is 0 Å². The normalized spacial score (nSPS) is 21.7. The zero-order valence-electron chi connectivity index (χ0n) is 20.8. The summed E-state index contributed by atoms with van der Waals surface area (Å²) in [6.45, 7) is 3.29. The lowest BCUT2D eigenvalue weighted by Gasteiger charge is -2.46. The minimum Gasteiger partial charge on any atom is -0.327 e. The van der Waals surface area contributed by atoms with Gasteiger partial charge in [-0.05, 0) is 42.0 Å². The summed E-state index contributed by atoms with van der Waals surface area (Å²) in [6, 6.07) is 20.6. The largest absolute Gasteiger partial charge is 0.327 e. The molecule has 0 spiro atoms. The molecule has 2 saturated heterocycles. The minimum absolute atomic E-state index is 0.0295. The average Bonchev–Trinajstić information content (AvgIpc) is 2.92. The van der Waals surface area contributed by atoms with E-state index >= 15 is 0 Å². The van der Waals surface area contributed by atoms with Crippen molar-refractivity contribution in [1.82, 2.24) is 19.7 Å². The van der Waals surface area contributed by atoms with Crippen molar-refractivity contribution in [3.05, 3.63) is 77.5 Å². The first-order chi connectivity index (χ1) is 17.6. The SMILES string of the molecule is O=C1C2CN(Cc3ccc(C4CCCCC4)cc3)CCN2C(=O)CN1Cc1ccc2ccccc2n1. The van der Waals surface area contributed by atoms with Crippen LogP contribution in [0.2, 0.25) is 0 Å².